The van der Waals surface area contributed by atoms with Gasteiger partial charge < -0.3 is 10.4 Å². The van der Waals surface area contributed by atoms with Crippen LogP contribution >= 0.6 is 0 Å². The molecule has 2 N–H and O–H groups in total. The molecule has 0 aromatic carbocycles. The van der Waals surface area contributed by atoms with Crippen LogP contribution in [0.4, 0.5) is 0 Å². The van der Waals surface area contributed by atoms with Gasteiger partial charge in [-0.1, -0.05) is 13.3 Å². The Bertz CT molecular complexity index is 147. The van der Waals surface area contributed by atoms with Gasteiger partial charge in [0.25, 0.3) is 0 Å². The van der Waals surface area contributed by atoms with E-state index in [0.717, 1.165) is 25.8 Å². The van der Waals surface area contributed by atoms with Gasteiger partial charge in [0.2, 0.25) is 0 Å². The van der Waals surface area contributed by atoms with Crippen molar-refractivity contribution in [1.29, 1.82) is 0 Å². The minimum Gasteiger partial charge on any atom is -0.480 e. The Morgan fingerprint density at radius 1 is 1.73 bits per heavy atom. The van der Waals surface area contributed by atoms with Crippen LogP contribution in [-0.2, 0) is 4.79 Å². The van der Waals surface area contributed by atoms with Crippen LogP contribution in [0.3, 0.4) is 0 Å². The molecule has 0 aromatic rings. The lowest BCUT2D eigenvalue weighted by atomic mass is 10.0. The summed E-state index contributed by atoms with van der Waals surface area (Å²) in [6, 6.07) is -0.286. The molecule has 64 valence electrons. The second kappa shape index (κ2) is 3.72. The fraction of sp³-hybridized carbons (Fsp3) is 0.875. The molecule has 0 unspecified atom stereocenters. The predicted octanol–water partition coefficient (Wildman–Crippen LogP) is 0.849. The normalized spacial score (nSPS) is 30.6. The Kier molecular flexibility index (Phi) is 2.88. The molecule has 1 aliphatic heterocycles. The quantitative estimate of drug-likeness (QED) is 0.638. The molecule has 0 aliphatic carbocycles. The molecule has 1 heterocycles. The lowest BCUT2D eigenvalue weighted by molar-refractivity contribution is -0.139. The van der Waals surface area contributed by atoms with E-state index in [1.54, 1.807) is 0 Å². The van der Waals surface area contributed by atoms with Crippen molar-refractivity contribution in [3.05, 3.63) is 0 Å². The van der Waals surface area contributed by atoms with Crippen molar-refractivity contribution in [1.82, 2.24) is 5.32 Å². The third-order valence-electron chi connectivity index (χ3n) is 2.22. The van der Waals surface area contributed by atoms with E-state index in [2.05, 4.69) is 12.2 Å². The number of carbonyl (C=O) groups is 1. The summed E-state index contributed by atoms with van der Waals surface area (Å²) in [7, 11) is 0. The number of carboxylic acid groups (broad SMARTS) is 1. The zero-order valence-corrected chi connectivity index (χ0v) is 6.84. The lowest BCUT2D eigenvalue weighted by Gasteiger charge is -2.04. The second-order valence-corrected chi connectivity index (χ2v) is 3.19. The van der Waals surface area contributed by atoms with Gasteiger partial charge in [-0.3, -0.25) is 4.79 Å². The summed E-state index contributed by atoms with van der Waals surface area (Å²) in [4.78, 5) is 10.5. The third-order valence-corrected chi connectivity index (χ3v) is 2.22. The Labute approximate surface area is 66.8 Å². The Balaban J connectivity index is 2.29. The summed E-state index contributed by atoms with van der Waals surface area (Å²) in [5, 5.41) is 11.6. The van der Waals surface area contributed by atoms with Gasteiger partial charge in [0.05, 0.1) is 0 Å². The van der Waals surface area contributed by atoms with E-state index in [9.17, 15) is 4.79 Å². The van der Waals surface area contributed by atoms with E-state index in [-0.39, 0.29) is 6.04 Å². The fourth-order valence-electron chi connectivity index (χ4n) is 1.63. The van der Waals surface area contributed by atoms with E-state index < -0.39 is 5.97 Å². The first-order chi connectivity index (χ1) is 5.24. The van der Waals surface area contributed by atoms with Gasteiger partial charge in [-0.15, -0.1) is 0 Å². The highest BCUT2D eigenvalue weighted by Crippen LogP contribution is 2.18. The van der Waals surface area contributed by atoms with Crippen molar-refractivity contribution in [3.8, 4) is 0 Å². The van der Waals surface area contributed by atoms with Gasteiger partial charge >= 0.3 is 5.97 Å². The van der Waals surface area contributed by atoms with E-state index in [4.69, 9.17) is 5.11 Å². The van der Waals surface area contributed by atoms with Gasteiger partial charge in [-0.2, -0.15) is 0 Å². The van der Waals surface area contributed by atoms with Crippen LogP contribution in [0.2, 0.25) is 0 Å². The van der Waals surface area contributed by atoms with Crippen LogP contribution in [0.5, 0.6) is 0 Å². The monoisotopic (exact) mass is 157 g/mol. The maximum absolute atomic E-state index is 10.5. The standard InChI is InChI=1S/C8H15NO2/c1-2-3-6-4-7(8(10)11)9-5-6/h6-7,9H,2-5H2,1H3,(H,10,11)/t6-,7-/m0/s1. The van der Waals surface area contributed by atoms with E-state index in [0.29, 0.717) is 5.92 Å². The molecule has 1 rings (SSSR count). The zero-order chi connectivity index (χ0) is 8.27. The minimum absolute atomic E-state index is 0.286. The van der Waals surface area contributed by atoms with Crippen molar-refractivity contribution in [3.63, 3.8) is 0 Å². The zero-order valence-electron chi connectivity index (χ0n) is 6.84. The molecule has 11 heavy (non-hydrogen) atoms. The van der Waals surface area contributed by atoms with Gasteiger partial charge in [0.15, 0.2) is 0 Å². The van der Waals surface area contributed by atoms with Crippen LogP contribution in [0.1, 0.15) is 26.2 Å². The molecule has 0 spiro atoms. The van der Waals surface area contributed by atoms with Gasteiger partial charge in [-0.05, 0) is 25.3 Å². The highest BCUT2D eigenvalue weighted by molar-refractivity contribution is 5.73. The van der Waals surface area contributed by atoms with Crippen molar-refractivity contribution in [2.75, 3.05) is 6.54 Å². The Hall–Kier alpha value is -0.570. The molecule has 1 fully saturated rings. The molecule has 3 heteroatoms. The molecule has 1 aliphatic rings. The number of hydrogen-bond donors (Lipinski definition) is 2. The molecular formula is C8H15NO2. The molecule has 0 bridgehead atoms. The number of hydrogen-bond acceptors (Lipinski definition) is 2. The summed E-state index contributed by atoms with van der Waals surface area (Å²) < 4.78 is 0. The fourth-order valence-corrected chi connectivity index (χ4v) is 1.63. The van der Waals surface area contributed by atoms with Crippen molar-refractivity contribution >= 4 is 5.97 Å². The number of aliphatic carboxylic acids is 1. The topological polar surface area (TPSA) is 49.3 Å². The van der Waals surface area contributed by atoms with Crippen molar-refractivity contribution in [2.24, 2.45) is 5.92 Å². The third kappa shape index (κ3) is 2.19. The first-order valence-electron chi connectivity index (χ1n) is 4.20. The van der Waals surface area contributed by atoms with Gasteiger partial charge in [0.1, 0.15) is 6.04 Å². The predicted molar refractivity (Wildman–Crippen MR) is 42.4 cm³/mol. The van der Waals surface area contributed by atoms with Gasteiger partial charge in [0, 0.05) is 0 Å². The number of nitrogens with one attached hydrogen (secondary N) is 1. The first kappa shape index (κ1) is 8.53. The smallest absolute Gasteiger partial charge is 0.320 e. The van der Waals surface area contributed by atoms with Crippen LogP contribution < -0.4 is 5.32 Å². The SMILES string of the molecule is CCC[C@@H]1CN[C@H](C(=O)O)C1. The summed E-state index contributed by atoms with van der Waals surface area (Å²) >= 11 is 0. The van der Waals surface area contributed by atoms with Gasteiger partial charge in [-0.25, -0.2) is 0 Å². The Morgan fingerprint density at radius 2 is 2.45 bits per heavy atom. The lowest BCUT2D eigenvalue weighted by Crippen LogP contribution is -2.29. The first-order valence-corrected chi connectivity index (χ1v) is 4.20. The van der Waals surface area contributed by atoms with Crippen LogP contribution in [-0.4, -0.2) is 23.7 Å². The van der Waals surface area contributed by atoms with E-state index in [1.807, 2.05) is 0 Å². The summed E-state index contributed by atoms with van der Waals surface area (Å²) in [6.45, 7) is 3.01. The average molecular weight is 157 g/mol. The molecule has 0 radical (unpaired) electrons. The number of rotatable bonds is 3. The van der Waals surface area contributed by atoms with Crippen molar-refractivity contribution < 1.29 is 9.90 Å². The second-order valence-electron chi connectivity index (χ2n) is 3.19. The van der Waals surface area contributed by atoms with Crippen LogP contribution in [0.15, 0.2) is 0 Å². The molecule has 0 saturated carbocycles. The highest BCUT2D eigenvalue weighted by atomic mass is 16.4. The summed E-state index contributed by atoms with van der Waals surface area (Å²) in [5.41, 5.74) is 0. The maximum atomic E-state index is 10.5. The molecule has 1 saturated heterocycles. The molecular weight excluding hydrogens is 142 g/mol. The summed E-state index contributed by atoms with van der Waals surface area (Å²) in [6.07, 6.45) is 3.11. The van der Waals surface area contributed by atoms with E-state index in [1.165, 1.54) is 0 Å². The molecule has 3 nitrogen and oxygen atoms in total. The van der Waals surface area contributed by atoms with Crippen molar-refractivity contribution in [2.45, 2.75) is 32.2 Å². The summed E-state index contributed by atoms with van der Waals surface area (Å²) in [5.74, 6) is -0.121. The highest BCUT2D eigenvalue weighted by Gasteiger charge is 2.27. The largest absolute Gasteiger partial charge is 0.480 e. The molecule has 0 aromatic heterocycles. The van der Waals surface area contributed by atoms with Crippen LogP contribution in [0, 0.1) is 5.92 Å². The van der Waals surface area contributed by atoms with Crippen LogP contribution in [0.25, 0.3) is 0 Å². The maximum Gasteiger partial charge on any atom is 0.320 e. The average Bonchev–Trinajstić information content (AvgIpc) is 2.37. The molecule has 0 amide bonds. The minimum atomic E-state index is -0.705. The number of carboxylic acids is 1. The van der Waals surface area contributed by atoms with E-state index >= 15 is 0 Å². The molecule has 2 atom stereocenters. The Morgan fingerprint density at radius 3 is 2.91 bits per heavy atom.